The Morgan fingerprint density at radius 3 is 2.52 bits per heavy atom. The van der Waals surface area contributed by atoms with E-state index in [1.807, 2.05) is 19.3 Å². The Morgan fingerprint density at radius 2 is 1.85 bits per heavy atom. The molecule has 0 unspecified atom stereocenters. The molecular formula is C18H29IN8. The SMILES string of the molecule is CN=C(NCc1ccnc(N2CCCCCC2)c1)NCc1ncnn1C.I. The number of rotatable bonds is 5. The van der Waals surface area contributed by atoms with Crippen molar-refractivity contribution in [2.24, 2.45) is 12.0 Å². The van der Waals surface area contributed by atoms with Crippen LogP contribution in [0.25, 0.3) is 0 Å². The minimum absolute atomic E-state index is 0. The van der Waals surface area contributed by atoms with Crippen molar-refractivity contribution in [3.8, 4) is 0 Å². The van der Waals surface area contributed by atoms with Gasteiger partial charge in [0.25, 0.3) is 0 Å². The zero-order valence-corrected chi connectivity index (χ0v) is 18.4. The number of nitrogens with zero attached hydrogens (tertiary/aromatic N) is 6. The van der Waals surface area contributed by atoms with Crippen molar-refractivity contribution in [1.29, 1.82) is 0 Å². The first-order valence-electron chi connectivity index (χ1n) is 9.23. The minimum Gasteiger partial charge on any atom is -0.357 e. The molecule has 0 bridgehead atoms. The Labute approximate surface area is 177 Å². The molecule has 27 heavy (non-hydrogen) atoms. The number of guanidine groups is 1. The highest BCUT2D eigenvalue weighted by Crippen LogP contribution is 2.18. The maximum atomic E-state index is 4.57. The second kappa shape index (κ2) is 11.1. The molecule has 2 aromatic rings. The van der Waals surface area contributed by atoms with Gasteiger partial charge in [0.2, 0.25) is 0 Å². The summed E-state index contributed by atoms with van der Waals surface area (Å²) < 4.78 is 1.75. The summed E-state index contributed by atoms with van der Waals surface area (Å²) in [5, 5.41) is 10.7. The second-order valence-corrected chi connectivity index (χ2v) is 6.50. The van der Waals surface area contributed by atoms with Gasteiger partial charge in [-0.25, -0.2) is 9.97 Å². The van der Waals surface area contributed by atoms with Crippen molar-refractivity contribution in [1.82, 2.24) is 30.4 Å². The van der Waals surface area contributed by atoms with E-state index in [-0.39, 0.29) is 24.0 Å². The maximum absolute atomic E-state index is 4.57. The van der Waals surface area contributed by atoms with E-state index >= 15 is 0 Å². The van der Waals surface area contributed by atoms with Gasteiger partial charge in [0.1, 0.15) is 18.0 Å². The quantitative estimate of drug-likeness (QED) is 0.384. The predicted molar refractivity (Wildman–Crippen MR) is 118 cm³/mol. The molecule has 9 heteroatoms. The highest BCUT2D eigenvalue weighted by Gasteiger charge is 2.11. The van der Waals surface area contributed by atoms with Crippen LogP contribution in [0, 0.1) is 0 Å². The number of hydrogen-bond donors (Lipinski definition) is 2. The molecule has 3 heterocycles. The molecule has 1 aliphatic heterocycles. The maximum Gasteiger partial charge on any atom is 0.191 e. The molecule has 0 spiro atoms. The third-order valence-electron chi connectivity index (χ3n) is 4.64. The smallest absolute Gasteiger partial charge is 0.191 e. The number of hydrogen-bond acceptors (Lipinski definition) is 5. The average molecular weight is 484 g/mol. The van der Waals surface area contributed by atoms with Crippen LogP contribution in [0.15, 0.2) is 29.6 Å². The third kappa shape index (κ3) is 6.33. The van der Waals surface area contributed by atoms with Crippen LogP contribution < -0.4 is 15.5 Å². The first-order chi connectivity index (χ1) is 12.8. The van der Waals surface area contributed by atoms with Gasteiger partial charge < -0.3 is 15.5 Å². The first-order valence-corrected chi connectivity index (χ1v) is 9.23. The van der Waals surface area contributed by atoms with Crippen LogP contribution in [-0.4, -0.2) is 45.8 Å². The third-order valence-corrected chi connectivity index (χ3v) is 4.64. The summed E-state index contributed by atoms with van der Waals surface area (Å²) >= 11 is 0. The Kier molecular flexibility index (Phi) is 8.76. The number of anilines is 1. The van der Waals surface area contributed by atoms with Gasteiger partial charge in [-0.2, -0.15) is 5.10 Å². The first kappa shape index (κ1) is 21.4. The molecule has 0 aromatic carbocycles. The molecule has 1 aliphatic rings. The van der Waals surface area contributed by atoms with E-state index in [4.69, 9.17) is 0 Å². The van der Waals surface area contributed by atoms with Crippen molar-refractivity contribution in [2.45, 2.75) is 38.8 Å². The van der Waals surface area contributed by atoms with Crippen molar-refractivity contribution in [3.05, 3.63) is 36.0 Å². The highest BCUT2D eigenvalue weighted by molar-refractivity contribution is 14.0. The van der Waals surface area contributed by atoms with Crippen LogP contribution in [0.1, 0.15) is 37.1 Å². The van der Waals surface area contributed by atoms with Crippen LogP contribution >= 0.6 is 24.0 Å². The lowest BCUT2D eigenvalue weighted by molar-refractivity contribution is 0.672. The van der Waals surface area contributed by atoms with Crippen LogP contribution in [0.5, 0.6) is 0 Å². The molecule has 1 saturated heterocycles. The highest BCUT2D eigenvalue weighted by atomic mass is 127. The number of halogens is 1. The van der Waals surface area contributed by atoms with Gasteiger partial charge in [0.15, 0.2) is 5.96 Å². The van der Waals surface area contributed by atoms with Crippen LogP contribution in [0.2, 0.25) is 0 Å². The van der Waals surface area contributed by atoms with Crippen LogP contribution in [-0.2, 0) is 20.1 Å². The number of aliphatic imine (C=N–C) groups is 1. The summed E-state index contributed by atoms with van der Waals surface area (Å²) in [7, 11) is 3.64. The van der Waals surface area contributed by atoms with E-state index in [1.54, 1.807) is 18.1 Å². The van der Waals surface area contributed by atoms with E-state index in [1.165, 1.54) is 31.2 Å². The fourth-order valence-corrected chi connectivity index (χ4v) is 3.09. The molecule has 8 nitrogen and oxygen atoms in total. The van der Waals surface area contributed by atoms with E-state index < -0.39 is 0 Å². The molecule has 148 valence electrons. The van der Waals surface area contributed by atoms with Crippen LogP contribution in [0.4, 0.5) is 5.82 Å². The molecule has 0 aliphatic carbocycles. The lowest BCUT2D eigenvalue weighted by atomic mass is 10.2. The monoisotopic (exact) mass is 484 g/mol. The second-order valence-electron chi connectivity index (χ2n) is 6.50. The van der Waals surface area contributed by atoms with Gasteiger partial charge in [0, 0.05) is 39.9 Å². The molecule has 0 amide bonds. The van der Waals surface area contributed by atoms with Crippen molar-refractivity contribution in [3.63, 3.8) is 0 Å². The van der Waals surface area contributed by atoms with E-state index in [2.05, 4.69) is 41.7 Å². The van der Waals surface area contributed by atoms with Crippen molar-refractivity contribution < 1.29 is 0 Å². The molecule has 0 saturated carbocycles. The Balaban J connectivity index is 0.00000261. The molecule has 2 N–H and O–H groups in total. The topological polar surface area (TPSA) is 83.3 Å². The standard InChI is InChI=1S/C18H28N8.HI/c1-19-18(22-13-17-23-14-24-25(17)2)21-12-15-7-8-20-16(11-15)26-9-5-3-4-6-10-26;/h7-8,11,14H,3-6,9-10,12-13H2,1-2H3,(H2,19,21,22);1H. The summed E-state index contributed by atoms with van der Waals surface area (Å²) in [6, 6.07) is 4.22. The van der Waals surface area contributed by atoms with Gasteiger partial charge in [-0.15, -0.1) is 24.0 Å². The molecular weight excluding hydrogens is 455 g/mol. The summed E-state index contributed by atoms with van der Waals surface area (Å²) in [5.74, 6) is 2.68. The van der Waals surface area contributed by atoms with Crippen molar-refractivity contribution in [2.75, 3.05) is 25.0 Å². The summed E-state index contributed by atoms with van der Waals surface area (Å²) in [5.41, 5.74) is 1.20. The van der Waals surface area contributed by atoms with E-state index in [0.717, 1.165) is 30.7 Å². The molecule has 1 fully saturated rings. The largest absolute Gasteiger partial charge is 0.357 e. The Hall–Kier alpha value is -1.91. The fourth-order valence-electron chi connectivity index (χ4n) is 3.09. The minimum atomic E-state index is 0. The molecule has 0 radical (unpaired) electrons. The predicted octanol–water partition coefficient (Wildman–Crippen LogP) is 2.07. The van der Waals surface area contributed by atoms with Crippen LogP contribution in [0.3, 0.4) is 0 Å². The normalized spacial score (nSPS) is 15.0. The number of aryl methyl sites for hydroxylation is 1. The molecule has 3 rings (SSSR count). The summed E-state index contributed by atoms with van der Waals surface area (Å²) in [6.07, 6.45) is 8.60. The van der Waals surface area contributed by atoms with E-state index in [9.17, 15) is 0 Å². The number of nitrogens with one attached hydrogen (secondary N) is 2. The Morgan fingerprint density at radius 1 is 1.11 bits per heavy atom. The number of pyridine rings is 1. The van der Waals surface area contributed by atoms with Gasteiger partial charge in [-0.1, -0.05) is 12.8 Å². The zero-order valence-electron chi connectivity index (χ0n) is 16.1. The van der Waals surface area contributed by atoms with Crippen molar-refractivity contribution >= 4 is 35.8 Å². The Bertz CT molecular complexity index is 722. The molecule has 0 atom stereocenters. The fraction of sp³-hybridized carbons (Fsp3) is 0.556. The van der Waals surface area contributed by atoms with Gasteiger partial charge in [0.05, 0.1) is 6.54 Å². The van der Waals surface area contributed by atoms with Gasteiger partial charge >= 0.3 is 0 Å². The lowest BCUT2D eigenvalue weighted by Crippen LogP contribution is -2.37. The van der Waals surface area contributed by atoms with E-state index in [0.29, 0.717) is 13.1 Å². The number of aromatic nitrogens is 4. The molecule has 2 aromatic heterocycles. The van der Waals surface area contributed by atoms with Gasteiger partial charge in [-0.05, 0) is 30.5 Å². The summed E-state index contributed by atoms with van der Waals surface area (Å²) in [6.45, 7) is 3.48. The van der Waals surface area contributed by atoms with Gasteiger partial charge in [-0.3, -0.25) is 9.67 Å². The summed E-state index contributed by atoms with van der Waals surface area (Å²) in [4.78, 5) is 15.4. The zero-order chi connectivity index (χ0) is 18.2. The average Bonchev–Trinajstić information content (AvgIpc) is 2.91. The lowest BCUT2D eigenvalue weighted by Gasteiger charge is -2.22.